The van der Waals surface area contributed by atoms with Crippen LogP contribution in [0.25, 0.3) is 0 Å². The molecule has 0 spiro atoms. The SMILES string of the molecule is Cc1cccc(C(N)=NOC(=O)COc2ccc(Br)cc2C)c1. The van der Waals surface area contributed by atoms with Crippen molar-refractivity contribution in [2.45, 2.75) is 13.8 Å². The molecule has 0 fully saturated rings. The number of carbonyl (C=O) groups excluding carboxylic acids is 1. The minimum absolute atomic E-state index is 0.141. The van der Waals surface area contributed by atoms with Gasteiger partial charge in [-0.3, -0.25) is 0 Å². The molecule has 2 aromatic carbocycles. The molecule has 0 aliphatic heterocycles. The average Bonchev–Trinajstić information content (AvgIpc) is 2.51. The second kappa shape index (κ2) is 7.78. The van der Waals surface area contributed by atoms with E-state index < -0.39 is 5.97 Å². The van der Waals surface area contributed by atoms with Crippen molar-refractivity contribution in [2.24, 2.45) is 10.9 Å². The maximum atomic E-state index is 11.7. The van der Waals surface area contributed by atoms with Gasteiger partial charge in [-0.15, -0.1) is 0 Å². The number of amidine groups is 1. The van der Waals surface area contributed by atoms with Crippen molar-refractivity contribution < 1.29 is 14.4 Å². The Kier molecular flexibility index (Phi) is 5.76. The van der Waals surface area contributed by atoms with Crippen LogP contribution in [0.3, 0.4) is 0 Å². The number of aryl methyl sites for hydroxylation is 2. The molecule has 0 unspecified atom stereocenters. The Balaban J connectivity index is 1.90. The first kappa shape index (κ1) is 17.0. The quantitative estimate of drug-likeness (QED) is 0.376. The standard InChI is InChI=1S/C17H17BrN2O3/c1-11-4-3-5-13(8-11)17(19)20-23-16(21)10-22-15-7-6-14(18)9-12(15)2/h3-9H,10H2,1-2H3,(H2,19,20). The Hall–Kier alpha value is -2.34. The number of hydrogen-bond acceptors (Lipinski definition) is 4. The van der Waals surface area contributed by atoms with Gasteiger partial charge in [-0.05, 0) is 43.7 Å². The predicted octanol–water partition coefficient (Wildman–Crippen LogP) is 3.31. The first-order valence-corrected chi connectivity index (χ1v) is 7.74. The van der Waals surface area contributed by atoms with Crippen molar-refractivity contribution in [3.63, 3.8) is 0 Å². The van der Waals surface area contributed by atoms with Crippen LogP contribution in [-0.4, -0.2) is 18.4 Å². The summed E-state index contributed by atoms with van der Waals surface area (Å²) < 4.78 is 6.35. The molecule has 0 atom stereocenters. The minimum Gasteiger partial charge on any atom is -0.482 e. The van der Waals surface area contributed by atoms with E-state index in [9.17, 15) is 4.79 Å². The molecule has 5 nitrogen and oxygen atoms in total. The van der Waals surface area contributed by atoms with E-state index in [1.54, 1.807) is 12.1 Å². The van der Waals surface area contributed by atoms with Crippen LogP contribution in [0.4, 0.5) is 0 Å². The van der Waals surface area contributed by atoms with E-state index in [0.717, 1.165) is 15.6 Å². The molecule has 23 heavy (non-hydrogen) atoms. The molecule has 0 aliphatic carbocycles. The maximum absolute atomic E-state index is 11.7. The molecular formula is C17H17BrN2O3. The molecular weight excluding hydrogens is 360 g/mol. The first-order chi connectivity index (χ1) is 11.0. The third-order valence-corrected chi connectivity index (χ3v) is 3.54. The van der Waals surface area contributed by atoms with Crippen molar-refractivity contribution in [3.05, 3.63) is 63.6 Å². The van der Waals surface area contributed by atoms with Gasteiger partial charge in [0.15, 0.2) is 12.4 Å². The summed E-state index contributed by atoms with van der Waals surface area (Å²) in [7, 11) is 0. The molecule has 120 valence electrons. The highest BCUT2D eigenvalue weighted by Crippen LogP contribution is 2.22. The molecule has 2 rings (SSSR count). The molecule has 0 amide bonds. The molecule has 0 saturated carbocycles. The summed E-state index contributed by atoms with van der Waals surface area (Å²) in [5.41, 5.74) is 8.44. The number of halogens is 1. The lowest BCUT2D eigenvalue weighted by molar-refractivity contribution is -0.146. The smallest absolute Gasteiger partial charge is 0.372 e. The summed E-state index contributed by atoms with van der Waals surface area (Å²) in [6.45, 7) is 3.59. The number of oxime groups is 1. The summed E-state index contributed by atoms with van der Waals surface area (Å²) in [5.74, 6) is 0.130. The van der Waals surface area contributed by atoms with Crippen molar-refractivity contribution >= 4 is 27.7 Å². The van der Waals surface area contributed by atoms with Gasteiger partial charge in [0, 0.05) is 10.0 Å². The Morgan fingerprint density at radius 1 is 1.22 bits per heavy atom. The fraction of sp³-hybridized carbons (Fsp3) is 0.176. The molecule has 0 saturated heterocycles. The van der Waals surface area contributed by atoms with E-state index in [1.807, 2.05) is 44.2 Å². The zero-order chi connectivity index (χ0) is 16.8. The van der Waals surface area contributed by atoms with E-state index in [0.29, 0.717) is 11.3 Å². The molecule has 0 aliphatic rings. The number of carbonyl (C=O) groups is 1. The van der Waals surface area contributed by atoms with E-state index in [1.165, 1.54) is 0 Å². The van der Waals surface area contributed by atoms with Crippen molar-refractivity contribution in [3.8, 4) is 5.75 Å². The monoisotopic (exact) mass is 376 g/mol. The predicted molar refractivity (Wildman–Crippen MR) is 92.4 cm³/mol. The molecule has 0 bridgehead atoms. The first-order valence-electron chi connectivity index (χ1n) is 6.95. The molecule has 0 aromatic heterocycles. The van der Waals surface area contributed by atoms with Gasteiger partial charge >= 0.3 is 5.97 Å². The fourth-order valence-electron chi connectivity index (χ4n) is 1.89. The molecule has 2 N–H and O–H groups in total. The Bertz CT molecular complexity index is 744. The largest absolute Gasteiger partial charge is 0.482 e. The van der Waals surface area contributed by atoms with E-state index in [2.05, 4.69) is 21.1 Å². The van der Waals surface area contributed by atoms with Crippen LogP contribution in [0.2, 0.25) is 0 Å². The van der Waals surface area contributed by atoms with E-state index in [4.69, 9.17) is 15.3 Å². The summed E-state index contributed by atoms with van der Waals surface area (Å²) in [6.07, 6.45) is 0. The zero-order valence-electron chi connectivity index (χ0n) is 12.9. The van der Waals surface area contributed by atoms with Crippen LogP contribution in [0.1, 0.15) is 16.7 Å². The number of rotatable bonds is 5. The van der Waals surface area contributed by atoms with Crippen LogP contribution >= 0.6 is 15.9 Å². The second-order valence-electron chi connectivity index (χ2n) is 5.01. The summed E-state index contributed by atoms with van der Waals surface area (Å²) >= 11 is 3.37. The molecule has 0 heterocycles. The maximum Gasteiger partial charge on any atom is 0.372 e. The van der Waals surface area contributed by atoms with Crippen molar-refractivity contribution in [2.75, 3.05) is 6.61 Å². The lowest BCUT2D eigenvalue weighted by atomic mass is 10.1. The van der Waals surface area contributed by atoms with Crippen LogP contribution in [-0.2, 0) is 9.63 Å². The Morgan fingerprint density at radius 2 is 2.00 bits per heavy atom. The molecule has 2 aromatic rings. The van der Waals surface area contributed by atoms with Crippen molar-refractivity contribution in [1.82, 2.24) is 0 Å². The van der Waals surface area contributed by atoms with Gasteiger partial charge in [0.2, 0.25) is 0 Å². The van der Waals surface area contributed by atoms with Crippen LogP contribution in [0, 0.1) is 13.8 Å². The third-order valence-electron chi connectivity index (χ3n) is 3.04. The lowest BCUT2D eigenvalue weighted by Gasteiger charge is -2.08. The fourth-order valence-corrected chi connectivity index (χ4v) is 2.37. The average molecular weight is 377 g/mol. The van der Waals surface area contributed by atoms with Gasteiger partial charge in [0.05, 0.1) is 0 Å². The number of nitrogens with zero attached hydrogens (tertiary/aromatic N) is 1. The topological polar surface area (TPSA) is 73.9 Å². The number of nitrogens with two attached hydrogens (primary N) is 1. The van der Waals surface area contributed by atoms with Gasteiger partial charge in [-0.25, -0.2) is 4.79 Å². The minimum atomic E-state index is -0.622. The highest BCUT2D eigenvalue weighted by Gasteiger charge is 2.08. The van der Waals surface area contributed by atoms with Crippen LogP contribution < -0.4 is 10.5 Å². The van der Waals surface area contributed by atoms with Gasteiger partial charge < -0.3 is 15.3 Å². The highest BCUT2D eigenvalue weighted by atomic mass is 79.9. The van der Waals surface area contributed by atoms with Crippen molar-refractivity contribution in [1.29, 1.82) is 0 Å². The summed E-state index contributed by atoms with van der Waals surface area (Å²) in [6, 6.07) is 13.0. The van der Waals surface area contributed by atoms with Crippen LogP contribution in [0.15, 0.2) is 52.1 Å². The van der Waals surface area contributed by atoms with Gasteiger partial charge in [-0.1, -0.05) is 44.8 Å². The Morgan fingerprint density at radius 3 is 2.70 bits per heavy atom. The number of benzene rings is 2. The van der Waals surface area contributed by atoms with E-state index in [-0.39, 0.29) is 12.4 Å². The Labute approximate surface area is 143 Å². The lowest BCUT2D eigenvalue weighted by Crippen LogP contribution is -2.18. The zero-order valence-corrected chi connectivity index (χ0v) is 14.5. The second-order valence-corrected chi connectivity index (χ2v) is 5.92. The normalized spacial score (nSPS) is 11.2. The number of ether oxygens (including phenoxy) is 1. The van der Waals surface area contributed by atoms with Gasteiger partial charge in [0.25, 0.3) is 0 Å². The van der Waals surface area contributed by atoms with Gasteiger partial charge in [0.1, 0.15) is 5.75 Å². The van der Waals surface area contributed by atoms with Gasteiger partial charge in [-0.2, -0.15) is 0 Å². The summed E-state index contributed by atoms with van der Waals surface area (Å²) in [4.78, 5) is 16.5. The van der Waals surface area contributed by atoms with E-state index >= 15 is 0 Å². The number of hydrogen-bond donors (Lipinski definition) is 1. The molecule has 6 heteroatoms. The molecule has 0 radical (unpaired) electrons. The van der Waals surface area contributed by atoms with Crippen LogP contribution in [0.5, 0.6) is 5.75 Å². The third kappa shape index (κ3) is 5.10. The summed E-state index contributed by atoms with van der Waals surface area (Å²) in [5, 5.41) is 3.64. The highest BCUT2D eigenvalue weighted by molar-refractivity contribution is 9.10.